The first-order valence-electron chi connectivity index (χ1n) is 7.63. The first kappa shape index (κ1) is 15.3. The summed E-state index contributed by atoms with van der Waals surface area (Å²) in [6.45, 7) is 9.39. The maximum Gasteiger partial charge on any atom is 0.154 e. The fourth-order valence-electron chi connectivity index (χ4n) is 3.19. The Labute approximate surface area is 117 Å². The van der Waals surface area contributed by atoms with E-state index in [-0.39, 0.29) is 5.25 Å². The van der Waals surface area contributed by atoms with Gasteiger partial charge in [-0.1, -0.05) is 20.3 Å². The summed E-state index contributed by atoms with van der Waals surface area (Å²) >= 11 is 0. The third-order valence-corrected chi connectivity index (χ3v) is 7.22. The lowest BCUT2D eigenvalue weighted by atomic mass is 9.95. The van der Waals surface area contributed by atoms with Crippen LogP contribution in [-0.2, 0) is 9.84 Å². The maximum absolute atomic E-state index is 12.0. The van der Waals surface area contributed by atoms with Gasteiger partial charge in [0.05, 0.1) is 11.0 Å². The first-order chi connectivity index (χ1) is 8.94. The fourth-order valence-corrected chi connectivity index (χ4v) is 5.04. The van der Waals surface area contributed by atoms with Gasteiger partial charge in [0, 0.05) is 31.7 Å². The average molecular weight is 288 g/mol. The van der Waals surface area contributed by atoms with Crippen LogP contribution in [0.5, 0.6) is 0 Å². The van der Waals surface area contributed by atoms with Gasteiger partial charge in [0.1, 0.15) is 0 Å². The van der Waals surface area contributed by atoms with Crippen molar-refractivity contribution in [2.24, 2.45) is 5.92 Å². The van der Waals surface area contributed by atoms with Crippen LogP contribution >= 0.6 is 0 Å². The highest BCUT2D eigenvalue weighted by atomic mass is 32.2. The molecular formula is C14H28N2O2S. The van der Waals surface area contributed by atoms with Gasteiger partial charge in [0.15, 0.2) is 9.84 Å². The molecule has 0 aliphatic carbocycles. The van der Waals surface area contributed by atoms with Crippen LogP contribution in [-0.4, -0.2) is 56.0 Å². The molecule has 0 spiro atoms. The van der Waals surface area contributed by atoms with Gasteiger partial charge in [0.25, 0.3) is 0 Å². The Bertz CT molecular complexity index is 396. The van der Waals surface area contributed by atoms with Crippen LogP contribution in [0, 0.1) is 5.92 Å². The molecule has 4 unspecified atom stereocenters. The summed E-state index contributed by atoms with van der Waals surface area (Å²) in [7, 11) is -2.82. The van der Waals surface area contributed by atoms with E-state index in [1.165, 1.54) is 6.42 Å². The van der Waals surface area contributed by atoms with E-state index in [0.29, 0.717) is 23.8 Å². The molecule has 2 fully saturated rings. The number of piperazine rings is 1. The van der Waals surface area contributed by atoms with Crippen molar-refractivity contribution in [2.75, 3.05) is 25.4 Å². The van der Waals surface area contributed by atoms with Crippen LogP contribution in [0.4, 0.5) is 0 Å². The highest BCUT2D eigenvalue weighted by Crippen LogP contribution is 2.23. The maximum atomic E-state index is 12.0. The lowest BCUT2D eigenvalue weighted by molar-refractivity contribution is 0.118. The predicted octanol–water partition coefficient (Wildman–Crippen LogP) is 1.27. The summed E-state index contributed by atoms with van der Waals surface area (Å²) in [4.78, 5) is 2.39. The molecule has 0 amide bonds. The lowest BCUT2D eigenvalue weighted by Gasteiger charge is -2.41. The van der Waals surface area contributed by atoms with Gasteiger partial charge >= 0.3 is 0 Å². The molecule has 2 heterocycles. The third kappa shape index (κ3) is 3.50. The van der Waals surface area contributed by atoms with Crippen molar-refractivity contribution >= 4 is 9.84 Å². The van der Waals surface area contributed by atoms with E-state index >= 15 is 0 Å². The summed E-state index contributed by atoms with van der Waals surface area (Å²) in [6.07, 6.45) is 2.87. The monoisotopic (exact) mass is 288 g/mol. The molecule has 112 valence electrons. The van der Waals surface area contributed by atoms with Crippen molar-refractivity contribution in [3.63, 3.8) is 0 Å². The lowest BCUT2D eigenvalue weighted by Crippen LogP contribution is -2.58. The molecule has 2 aliphatic rings. The van der Waals surface area contributed by atoms with Gasteiger partial charge in [-0.25, -0.2) is 8.42 Å². The molecule has 0 radical (unpaired) electrons. The Morgan fingerprint density at radius 1 is 1.42 bits per heavy atom. The van der Waals surface area contributed by atoms with Crippen molar-refractivity contribution in [3.8, 4) is 0 Å². The smallest absolute Gasteiger partial charge is 0.154 e. The molecule has 0 aromatic carbocycles. The van der Waals surface area contributed by atoms with Crippen molar-refractivity contribution < 1.29 is 8.42 Å². The molecule has 5 heteroatoms. The zero-order valence-corrected chi connectivity index (χ0v) is 13.2. The number of hydrogen-bond acceptors (Lipinski definition) is 4. The van der Waals surface area contributed by atoms with E-state index in [4.69, 9.17) is 0 Å². The second kappa shape index (κ2) is 6.10. The summed E-state index contributed by atoms with van der Waals surface area (Å²) in [5.74, 6) is 1.04. The predicted molar refractivity (Wildman–Crippen MR) is 79.1 cm³/mol. The molecule has 2 rings (SSSR count). The summed E-state index contributed by atoms with van der Waals surface area (Å²) in [5.41, 5.74) is 0. The standard InChI is InChI=1S/C14H28N2O2S/c1-4-11(2)14-10-16(12(3)8-15-14)9-13-6-5-7-19(13,17)18/h11-15H,4-10H2,1-3H3. The van der Waals surface area contributed by atoms with Crippen LogP contribution in [0.25, 0.3) is 0 Å². The minimum absolute atomic E-state index is 0.120. The Kier molecular flexibility index (Phi) is 4.90. The number of nitrogens with zero attached hydrogens (tertiary/aromatic N) is 1. The number of sulfone groups is 1. The van der Waals surface area contributed by atoms with E-state index in [0.717, 1.165) is 32.5 Å². The minimum atomic E-state index is -2.82. The van der Waals surface area contributed by atoms with Gasteiger partial charge in [0.2, 0.25) is 0 Å². The average Bonchev–Trinajstić information content (AvgIpc) is 2.70. The fraction of sp³-hybridized carbons (Fsp3) is 1.00. The van der Waals surface area contributed by atoms with Gasteiger partial charge in [-0.05, 0) is 25.7 Å². The van der Waals surface area contributed by atoms with Crippen LogP contribution in [0.1, 0.15) is 40.0 Å². The number of rotatable bonds is 4. The molecular weight excluding hydrogens is 260 g/mol. The molecule has 0 saturated carbocycles. The third-order valence-electron chi connectivity index (χ3n) is 4.96. The Morgan fingerprint density at radius 2 is 2.16 bits per heavy atom. The summed E-state index contributed by atoms with van der Waals surface area (Å²) in [6, 6.07) is 0.946. The Balaban J connectivity index is 1.98. The molecule has 0 aromatic heterocycles. The highest BCUT2D eigenvalue weighted by molar-refractivity contribution is 7.92. The van der Waals surface area contributed by atoms with Crippen LogP contribution in [0.15, 0.2) is 0 Å². The Hall–Kier alpha value is -0.130. The van der Waals surface area contributed by atoms with Gasteiger partial charge in [-0.15, -0.1) is 0 Å². The van der Waals surface area contributed by atoms with Gasteiger partial charge in [-0.3, -0.25) is 4.90 Å². The van der Waals surface area contributed by atoms with E-state index in [2.05, 4.69) is 31.0 Å². The van der Waals surface area contributed by atoms with Crippen molar-refractivity contribution in [1.29, 1.82) is 0 Å². The molecule has 1 N–H and O–H groups in total. The summed E-state index contributed by atoms with van der Waals surface area (Å²) in [5, 5.41) is 3.48. The molecule has 19 heavy (non-hydrogen) atoms. The second-order valence-corrected chi connectivity index (χ2v) is 8.74. The quantitative estimate of drug-likeness (QED) is 0.846. The van der Waals surface area contributed by atoms with E-state index in [9.17, 15) is 8.42 Å². The zero-order valence-electron chi connectivity index (χ0n) is 12.4. The first-order valence-corrected chi connectivity index (χ1v) is 9.34. The molecule has 0 aromatic rings. The molecule has 2 saturated heterocycles. The SMILES string of the molecule is CCC(C)C1CN(CC2CCCS2(=O)=O)C(C)CN1. The number of nitrogens with one attached hydrogen (secondary N) is 1. The Morgan fingerprint density at radius 3 is 2.74 bits per heavy atom. The van der Waals surface area contributed by atoms with Crippen LogP contribution < -0.4 is 5.32 Å². The van der Waals surface area contributed by atoms with Crippen molar-refractivity contribution in [2.45, 2.75) is 57.4 Å². The van der Waals surface area contributed by atoms with E-state index in [1.54, 1.807) is 0 Å². The van der Waals surface area contributed by atoms with E-state index < -0.39 is 9.84 Å². The molecule has 2 aliphatic heterocycles. The van der Waals surface area contributed by atoms with Gasteiger partial charge < -0.3 is 5.32 Å². The highest BCUT2D eigenvalue weighted by Gasteiger charge is 2.36. The largest absolute Gasteiger partial charge is 0.311 e. The van der Waals surface area contributed by atoms with Crippen molar-refractivity contribution in [1.82, 2.24) is 10.2 Å². The normalized spacial score (nSPS) is 37.3. The topological polar surface area (TPSA) is 49.4 Å². The molecule has 0 bridgehead atoms. The summed E-state index contributed by atoms with van der Waals surface area (Å²) < 4.78 is 23.9. The molecule has 4 nitrogen and oxygen atoms in total. The van der Waals surface area contributed by atoms with Crippen LogP contribution in [0.2, 0.25) is 0 Å². The van der Waals surface area contributed by atoms with Crippen molar-refractivity contribution in [3.05, 3.63) is 0 Å². The van der Waals surface area contributed by atoms with E-state index in [1.807, 2.05) is 0 Å². The molecule has 4 atom stereocenters. The van der Waals surface area contributed by atoms with Crippen LogP contribution in [0.3, 0.4) is 0 Å². The minimum Gasteiger partial charge on any atom is -0.311 e. The second-order valence-electron chi connectivity index (χ2n) is 6.33. The zero-order chi connectivity index (χ0) is 14.0. The number of hydrogen-bond donors (Lipinski definition) is 1. The van der Waals surface area contributed by atoms with Gasteiger partial charge in [-0.2, -0.15) is 0 Å².